The molecule has 4 nitrogen and oxygen atoms in total. The van der Waals surface area contributed by atoms with E-state index in [-0.39, 0.29) is 12.4 Å². The highest BCUT2D eigenvalue weighted by atomic mass is 16.5. The fourth-order valence-corrected chi connectivity index (χ4v) is 1.85. The van der Waals surface area contributed by atoms with E-state index < -0.39 is 5.54 Å². The van der Waals surface area contributed by atoms with Crippen LogP contribution in [0.5, 0.6) is 5.75 Å². The zero-order valence-corrected chi connectivity index (χ0v) is 11.9. The molecule has 0 saturated carbocycles. The lowest BCUT2D eigenvalue weighted by Crippen LogP contribution is -2.39. The summed E-state index contributed by atoms with van der Waals surface area (Å²) in [6, 6.07) is 7.88. The lowest BCUT2D eigenvalue weighted by molar-refractivity contribution is -0.144. The van der Waals surface area contributed by atoms with Gasteiger partial charge in [0.25, 0.3) is 0 Å². The van der Waals surface area contributed by atoms with Gasteiger partial charge in [-0.25, -0.2) is 0 Å². The minimum atomic E-state index is -0.536. The predicted molar refractivity (Wildman–Crippen MR) is 75.2 cm³/mol. The van der Waals surface area contributed by atoms with E-state index in [4.69, 9.17) is 15.2 Å². The molecule has 0 radical (unpaired) electrons. The number of hydrogen-bond acceptors (Lipinski definition) is 4. The maximum atomic E-state index is 11.4. The molecule has 1 rings (SSSR count). The first-order valence-corrected chi connectivity index (χ1v) is 6.54. The van der Waals surface area contributed by atoms with Crippen LogP contribution >= 0.6 is 0 Å². The van der Waals surface area contributed by atoms with Crippen molar-refractivity contribution in [3.05, 3.63) is 29.8 Å². The number of rotatable bonds is 7. The van der Waals surface area contributed by atoms with Crippen LogP contribution in [0.3, 0.4) is 0 Å². The van der Waals surface area contributed by atoms with Crippen LogP contribution in [0.2, 0.25) is 0 Å². The zero-order valence-electron chi connectivity index (χ0n) is 11.9. The SMILES string of the molecule is CCOC(=O)CC(C)(N)CCc1ccc(OC)cc1. The van der Waals surface area contributed by atoms with Crippen molar-refractivity contribution in [2.75, 3.05) is 13.7 Å². The van der Waals surface area contributed by atoms with Gasteiger partial charge in [-0.3, -0.25) is 4.79 Å². The second-order valence-electron chi connectivity index (χ2n) is 4.98. The average Bonchev–Trinajstić information content (AvgIpc) is 2.37. The largest absolute Gasteiger partial charge is 0.497 e. The monoisotopic (exact) mass is 265 g/mol. The summed E-state index contributed by atoms with van der Waals surface area (Å²) in [7, 11) is 1.64. The normalized spacial score (nSPS) is 13.7. The molecule has 0 heterocycles. The summed E-state index contributed by atoms with van der Waals surface area (Å²) in [5, 5.41) is 0. The van der Waals surface area contributed by atoms with Crippen LogP contribution in [0.1, 0.15) is 32.3 Å². The van der Waals surface area contributed by atoms with Crippen LogP contribution in [0, 0.1) is 0 Å². The van der Waals surface area contributed by atoms with E-state index in [1.807, 2.05) is 31.2 Å². The highest BCUT2D eigenvalue weighted by Crippen LogP contribution is 2.18. The molecule has 1 aromatic rings. The summed E-state index contributed by atoms with van der Waals surface area (Å²) in [4.78, 5) is 11.4. The Morgan fingerprint density at radius 1 is 1.32 bits per heavy atom. The number of nitrogens with two attached hydrogens (primary N) is 1. The van der Waals surface area contributed by atoms with Gasteiger partial charge in [0.05, 0.1) is 20.1 Å². The van der Waals surface area contributed by atoms with Crippen LogP contribution in [0.4, 0.5) is 0 Å². The predicted octanol–water partition coefficient (Wildman–Crippen LogP) is 2.30. The maximum absolute atomic E-state index is 11.4. The Kier molecular flexibility index (Phi) is 5.83. The summed E-state index contributed by atoms with van der Waals surface area (Å²) in [6.07, 6.45) is 1.81. The van der Waals surface area contributed by atoms with Crippen molar-refractivity contribution in [1.29, 1.82) is 0 Å². The lowest BCUT2D eigenvalue weighted by Gasteiger charge is -2.23. The first-order valence-electron chi connectivity index (χ1n) is 6.54. The first-order chi connectivity index (χ1) is 8.96. The van der Waals surface area contributed by atoms with Crippen LogP contribution in [0.25, 0.3) is 0 Å². The summed E-state index contributed by atoms with van der Waals surface area (Å²) < 4.78 is 10.0. The van der Waals surface area contributed by atoms with Crippen molar-refractivity contribution in [3.8, 4) is 5.75 Å². The molecule has 4 heteroatoms. The van der Waals surface area contributed by atoms with Crippen LogP contribution in [-0.2, 0) is 16.0 Å². The van der Waals surface area contributed by atoms with E-state index in [1.165, 1.54) is 5.56 Å². The van der Waals surface area contributed by atoms with Gasteiger partial charge in [0.2, 0.25) is 0 Å². The molecule has 1 atom stereocenters. The quantitative estimate of drug-likeness (QED) is 0.768. The van der Waals surface area contributed by atoms with Gasteiger partial charge in [-0.1, -0.05) is 12.1 Å². The van der Waals surface area contributed by atoms with Gasteiger partial charge >= 0.3 is 5.97 Å². The van der Waals surface area contributed by atoms with Crippen molar-refractivity contribution in [2.45, 2.75) is 38.6 Å². The Hall–Kier alpha value is -1.55. The van der Waals surface area contributed by atoms with Gasteiger partial charge in [0.15, 0.2) is 0 Å². The molecule has 1 unspecified atom stereocenters. The van der Waals surface area contributed by atoms with Crippen molar-refractivity contribution in [1.82, 2.24) is 0 Å². The van der Waals surface area contributed by atoms with E-state index in [2.05, 4.69) is 0 Å². The molecule has 0 bridgehead atoms. The topological polar surface area (TPSA) is 61.5 Å². The standard InChI is InChI=1S/C15H23NO3/c1-4-19-14(17)11-15(2,16)10-9-12-5-7-13(18-3)8-6-12/h5-8H,4,9-11,16H2,1-3H3. The summed E-state index contributed by atoms with van der Waals surface area (Å²) in [5.74, 6) is 0.605. The minimum absolute atomic E-state index is 0.234. The minimum Gasteiger partial charge on any atom is -0.497 e. The molecule has 0 fully saturated rings. The van der Waals surface area contributed by atoms with Gasteiger partial charge < -0.3 is 15.2 Å². The Morgan fingerprint density at radius 3 is 2.47 bits per heavy atom. The Morgan fingerprint density at radius 2 is 1.95 bits per heavy atom. The molecule has 0 amide bonds. The molecule has 19 heavy (non-hydrogen) atoms. The first kappa shape index (κ1) is 15.5. The molecule has 106 valence electrons. The Labute approximate surface area is 114 Å². The number of hydrogen-bond donors (Lipinski definition) is 1. The van der Waals surface area contributed by atoms with Gasteiger partial charge in [-0.05, 0) is 44.4 Å². The molecule has 0 saturated heterocycles. The fourth-order valence-electron chi connectivity index (χ4n) is 1.85. The number of methoxy groups -OCH3 is 1. The van der Waals surface area contributed by atoms with E-state index in [9.17, 15) is 4.79 Å². The zero-order chi connectivity index (χ0) is 14.3. The van der Waals surface area contributed by atoms with Crippen molar-refractivity contribution < 1.29 is 14.3 Å². The fraction of sp³-hybridized carbons (Fsp3) is 0.533. The van der Waals surface area contributed by atoms with E-state index in [0.717, 1.165) is 18.6 Å². The van der Waals surface area contributed by atoms with Crippen molar-refractivity contribution >= 4 is 5.97 Å². The molecule has 2 N–H and O–H groups in total. The van der Waals surface area contributed by atoms with E-state index >= 15 is 0 Å². The highest BCUT2D eigenvalue weighted by Gasteiger charge is 2.23. The third-order valence-electron chi connectivity index (χ3n) is 3.00. The maximum Gasteiger partial charge on any atom is 0.307 e. The third-order valence-corrected chi connectivity index (χ3v) is 3.00. The number of carbonyl (C=O) groups excluding carboxylic acids is 1. The molecule has 0 aliphatic carbocycles. The Balaban J connectivity index is 2.47. The summed E-state index contributed by atoms with van der Waals surface area (Å²) in [5.41, 5.74) is 6.77. The average molecular weight is 265 g/mol. The summed E-state index contributed by atoms with van der Waals surface area (Å²) >= 11 is 0. The second-order valence-corrected chi connectivity index (χ2v) is 4.98. The van der Waals surface area contributed by atoms with Gasteiger partial charge in [-0.15, -0.1) is 0 Å². The third kappa shape index (κ3) is 5.75. The molecular formula is C15H23NO3. The van der Waals surface area contributed by atoms with Crippen molar-refractivity contribution in [3.63, 3.8) is 0 Å². The second kappa shape index (κ2) is 7.14. The van der Waals surface area contributed by atoms with Gasteiger partial charge in [-0.2, -0.15) is 0 Å². The molecule has 0 aromatic heterocycles. The summed E-state index contributed by atoms with van der Waals surface area (Å²) in [6.45, 7) is 4.07. The van der Waals surface area contributed by atoms with Gasteiger partial charge in [0, 0.05) is 5.54 Å². The van der Waals surface area contributed by atoms with Crippen LogP contribution in [-0.4, -0.2) is 25.2 Å². The molecule has 0 spiro atoms. The number of ether oxygens (including phenoxy) is 2. The van der Waals surface area contributed by atoms with E-state index in [0.29, 0.717) is 6.61 Å². The number of esters is 1. The lowest BCUT2D eigenvalue weighted by atomic mass is 9.91. The highest BCUT2D eigenvalue weighted by molar-refractivity contribution is 5.70. The number of aryl methyl sites for hydroxylation is 1. The molecule has 0 aliphatic heterocycles. The van der Waals surface area contributed by atoms with E-state index in [1.54, 1.807) is 14.0 Å². The molecule has 0 aliphatic rings. The Bertz CT molecular complexity index is 398. The van der Waals surface area contributed by atoms with Crippen LogP contribution < -0.4 is 10.5 Å². The smallest absolute Gasteiger partial charge is 0.307 e. The molecule has 1 aromatic carbocycles. The van der Waals surface area contributed by atoms with Crippen molar-refractivity contribution in [2.24, 2.45) is 5.73 Å². The number of benzene rings is 1. The molecular weight excluding hydrogens is 242 g/mol. The van der Waals surface area contributed by atoms with Gasteiger partial charge in [0.1, 0.15) is 5.75 Å². The number of carbonyl (C=O) groups is 1. The van der Waals surface area contributed by atoms with Crippen LogP contribution in [0.15, 0.2) is 24.3 Å².